The zero-order chi connectivity index (χ0) is 30.9. The van der Waals surface area contributed by atoms with Gasteiger partial charge < -0.3 is 30.1 Å². The van der Waals surface area contributed by atoms with E-state index >= 15 is 0 Å². The van der Waals surface area contributed by atoms with E-state index in [9.17, 15) is 23.6 Å². The molecule has 6 rings (SSSR count). The van der Waals surface area contributed by atoms with Crippen LogP contribution < -0.4 is 5.73 Å². The minimum Gasteiger partial charge on any atom is -0.380 e. The summed E-state index contributed by atoms with van der Waals surface area (Å²) in [7, 11) is -0.773. The number of carbonyl (C=O) groups excluding carboxylic acids is 4. The van der Waals surface area contributed by atoms with Gasteiger partial charge in [-0.3, -0.25) is 19.2 Å². The highest BCUT2D eigenvalue weighted by Gasteiger charge is 2.32. The zero-order valence-corrected chi connectivity index (χ0v) is 26.4. The molecule has 0 spiro atoms. The number of hydrogen-bond donors (Lipinski definition) is 2. The lowest BCUT2D eigenvalue weighted by Crippen LogP contribution is -2.52. The highest BCUT2D eigenvalue weighted by molar-refractivity contribution is 7.31. The van der Waals surface area contributed by atoms with E-state index < -0.39 is 20.6 Å². The molecule has 0 bridgehead atoms. The van der Waals surface area contributed by atoms with Crippen molar-refractivity contribution in [2.75, 3.05) is 45.9 Å². The lowest BCUT2D eigenvalue weighted by Gasteiger charge is -2.36. The summed E-state index contributed by atoms with van der Waals surface area (Å²) in [5.74, 6) is -0.363. The summed E-state index contributed by atoms with van der Waals surface area (Å²) in [6.45, 7) is 7.11. The number of rotatable bonds is 5. The van der Waals surface area contributed by atoms with Crippen molar-refractivity contribution in [3.8, 4) is 0 Å². The Morgan fingerprint density at radius 3 is 2.51 bits per heavy atom. The first kappa shape index (κ1) is 33.2. The number of alkyl halides is 1. The first-order valence-electron chi connectivity index (χ1n) is 14.9. The predicted molar refractivity (Wildman–Crippen MR) is 166 cm³/mol. The molecule has 4 saturated heterocycles. The molecule has 4 fully saturated rings. The summed E-state index contributed by atoms with van der Waals surface area (Å²) in [5, 5.41) is 0.775. The molecule has 4 atom stereocenters. The summed E-state index contributed by atoms with van der Waals surface area (Å²) in [5.41, 5.74) is 5.58. The summed E-state index contributed by atoms with van der Waals surface area (Å²) < 4.78 is 19.1. The maximum absolute atomic E-state index is 13.2. The Kier molecular flexibility index (Phi) is 12.3. The molecule has 4 aliphatic rings. The molecule has 1 aromatic carbocycles. The number of carbonyl (C=O) groups is 4. The van der Waals surface area contributed by atoms with Gasteiger partial charge in [-0.15, -0.1) is 11.3 Å². The molecule has 2 aromatic rings. The third-order valence-corrected chi connectivity index (χ3v) is 10.1. The van der Waals surface area contributed by atoms with E-state index in [1.54, 1.807) is 29.2 Å². The molecule has 1 aromatic heterocycles. The number of piperazine rings is 1. The molecule has 4 amide bonds. The Bertz CT molecular complexity index is 1270. The SMILES string of the molecule is CC1CCCC(=O)N2CCCC2C1.NC(=O)c1cc2cc(C(F)PO)ccc2s1.O=CN1CCN(C(=O)C2COC2)CC1. The molecule has 4 unspecified atom stereocenters. The van der Waals surface area contributed by atoms with Gasteiger partial charge in [-0.05, 0) is 60.7 Å². The number of fused-ring (bicyclic) bond motifs is 2. The van der Waals surface area contributed by atoms with Crippen LogP contribution in [0.15, 0.2) is 24.3 Å². The molecule has 13 heteroatoms. The number of benzene rings is 1. The Hall–Kier alpha value is -2.66. The van der Waals surface area contributed by atoms with E-state index in [0.717, 1.165) is 41.8 Å². The van der Waals surface area contributed by atoms with Crippen LogP contribution in [0.3, 0.4) is 0 Å². The van der Waals surface area contributed by atoms with Gasteiger partial charge in [0.05, 0.1) is 32.8 Å². The molecule has 236 valence electrons. The number of halogens is 1. The number of primary amides is 1. The maximum Gasteiger partial charge on any atom is 0.258 e. The van der Waals surface area contributed by atoms with E-state index in [1.165, 1.54) is 37.0 Å². The normalized spacial score (nSPS) is 23.3. The zero-order valence-electron chi connectivity index (χ0n) is 24.6. The summed E-state index contributed by atoms with van der Waals surface area (Å²) in [6.07, 6.45) is 7.69. The predicted octanol–water partition coefficient (Wildman–Crippen LogP) is 3.68. The van der Waals surface area contributed by atoms with Gasteiger partial charge >= 0.3 is 0 Å². The second-order valence-corrected chi connectivity index (χ2v) is 13.4. The highest BCUT2D eigenvalue weighted by atomic mass is 32.1. The van der Waals surface area contributed by atoms with E-state index in [4.69, 9.17) is 15.4 Å². The van der Waals surface area contributed by atoms with Gasteiger partial charge in [-0.2, -0.15) is 0 Å². The summed E-state index contributed by atoms with van der Waals surface area (Å²) in [4.78, 5) is 59.6. The molecular formula is C30H42FN4O6PS. The molecule has 43 heavy (non-hydrogen) atoms. The van der Waals surface area contributed by atoms with Crippen molar-refractivity contribution in [1.29, 1.82) is 0 Å². The van der Waals surface area contributed by atoms with Crippen LogP contribution in [-0.4, -0.2) is 95.7 Å². The van der Waals surface area contributed by atoms with Crippen LogP contribution in [-0.2, 0) is 19.1 Å². The van der Waals surface area contributed by atoms with Crippen molar-refractivity contribution in [1.82, 2.24) is 14.7 Å². The monoisotopic (exact) mass is 636 g/mol. The molecule has 5 heterocycles. The first-order chi connectivity index (χ1) is 20.7. The third-order valence-electron chi connectivity index (χ3n) is 8.41. The molecule has 0 radical (unpaired) electrons. The van der Waals surface area contributed by atoms with E-state index in [1.807, 2.05) is 4.90 Å². The highest BCUT2D eigenvalue weighted by Crippen LogP contribution is 2.36. The fraction of sp³-hybridized carbons (Fsp3) is 0.600. The lowest BCUT2D eigenvalue weighted by molar-refractivity contribution is -0.152. The van der Waals surface area contributed by atoms with Crippen molar-refractivity contribution in [3.05, 3.63) is 34.7 Å². The van der Waals surface area contributed by atoms with Gasteiger partial charge in [-0.1, -0.05) is 19.4 Å². The van der Waals surface area contributed by atoms with E-state index in [2.05, 4.69) is 11.8 Å². The van der Waals surface area contributed by atoms with Gasteiger partial charge in [0, 0.05) is 49.9 Å². The van der Waals surface area contributed by atoms with Crippen LogP contribution in [0.5, 0.6) is 0 Å². The van der Waals surface area contributed by atoms with Crippen molar-refractivity contribution in [2.45, 2.75) is 57.4 Å². The van der Waals surface area contributed by atoms with Gasteiger partial charge in [0.25, 0.3) is 5.91 Å². The fourth-order valence-electron chi connectivity index (χ4n) is 5.84. The fourth-order valence-corrected chi connectivity index (χ4v) is 7.06. The van der Waals surface area contributed by atoms with Crippen LogP contribution in [0.2, 0.25) is 0 Å². The molecular weight excluding hydrogens is 594 g/mol. The number of nitrogens with zero attached hydrogens (tertiary/aromatic N) is 3. The van der Waals surface area contributed by atoms with E-state index in [-0.39, 0.29) is 11.8 Å². The van der Waals surface area contributed by atoms with E-state index in [0.29, 0.717) is 61.8 Å². The van der Waals surface area contributed by atoms with Crippen LogP contribution >= 0.6 is 20.1 Å². The van der Waals surface area contributed by atoms with Gasteiger partial charge in [-0.25, -0.2) is 4.39 Å². The smallest absolute Gasteiger partial charge is 0.258 e. The third kappa shape index (κ3) is 8.94. The Morgan fingerprint density at radius 2 is 1.88 bits per heavy atom. The largest absolute Gasteiger partial charge is 0.380 e. The average Bonchev–Trinajstić information content (AvgIpc) is 3.62. The molecule has 3 N–H and O–H groups in total. The topological polar surface area (TPSA) is 133 Å². The van der Waals surface area contributed by atoms with Crippen LogP contribution in [0.25, 0.3) is 10.1 Å². The molecule has 4 aliphatic heterocycles. The van der Waals surface area contributed by atoms with Crippen LogP contribution in [0, 0.1) is 11.8 Å². The van der Waals surface area contributed by atoms with Crippen molar-refractivity contribution < 1.29 is 33.2 Å². The van der Waals surface area contributed by atoms with Crippen molar-refractivity contribution in [3.63, 3.8) is 0 Å². The average molecular weight is 637 g/mol. The molecule has 10 nitrogen and oxygen atoms in total. The van der Waals surface area contributed by atoms with Gasteiger partial charge in [0.2, 0.25) is 18.2 Å². The number of nitrogens with two attached hydrogens (primary N) is 1. The standard InChI is InChI=1S/C11H19NO.C10H9FNO2PS.C9H14N2O3/c1-9-4-2-6-11(13)12-7-3-5-10(12)8-9;11-9(15-14)5-1-2-7-6(3-5)4-8(16-7)10(12)13;12-7-10-1-3-11(4-2-10)9(13)8-5-14-6-8/h9-10H,2-8H2,1H3;1-4,9,14-15H,(H2,12,13);7-8H,1-6H2. The van der Waals surface area contributed by atoms with Crippen molar-refractivity contribution in [2.24, 2.45) is 17.6 Å². The number of amides is 4. The molecule has 0 aliphatic carbocycles. The number of hydrogen-bond acceptors (Lipinski definition) is 7. The first-order valence-corrected chi connectivity index (χ1v) is 16.8. The second-order valence-electron chi connectivity index (χ2n) is 11.6. The van der Waals surface area contributed by atoms with Gasteiger partial charge in [0.15, 0.2) is 5.91 Å². The number of ether oxygens (including phenoxy) is 1. The van der Waals surface area contributed by atoms with Crippen LogP contribution in [0.4, 0.5) is 4.39 Å². The Balaban J connectivity index is 0.000000148. The van der Waals surface area contributed by atoms with Gasteiger partial charge in [0.1, 0.15) is 0 Å². The summed E-state index contributed by atoms with van der Waals surface area (Å²) in [6, 6.07) is 7.19. The Labute approximate surface area is 257 Å². The maximum atomic E-state index is 13.2. The quantitative estimate of drug-likeness (QED) is 0.380. The molecule has 0 saturated carbocycles. The van der Waals surface area contributed by atoms with Crippen molar-refractivity contribution >= 4 is 54.4 Å². The number of thiophene rings is 1. The Morgan fingerprint density at radius 1 is 1.14 bits per heavy atom. The second kappa shape index (κ2) is 15.9. The minimum atomic E-state index is -1.36. The lowest BCUT2D eigenvalue weighted by atomic mass is 9.93. The minimum absolute atomic E-state index is 0.0674. The summed E-state index contributed by atoms with van der Waals surface area (Å²) >= 11 is 1.28. The van der Waals surface area contributed by atoms with Crippen LogP contribution in [0.1, 0.15) is 66.6 Å².